The van der Waals surface area contributed by atoms with Crippen molar-refractivity contribution in [1.82, 2.24) is 0 Å². The van der Waals surface area contributed by atoms with Crippen molar-refractivity contribution in [2.24, 2.45) is 0 Å². The third-order valence-corrected chi connectivity index (χ3v) is 4.13. The molecule has 1 fully saturated rings. The van der Waals surface area contributed by atoms with E-state index in [0.717, 1.165) is 0 Å². The molecule has 1 aromatic rings. The van der Waals surface area contributed by atoms with Crippen molar-refractivity contribution in [2.45, 2.75) is 38.0 Å². The molecule has 1 atom stereocenters. The van der Waals surface area contributed by atoms with E-state index in [2.05, 4.69) is 0 Å². The predicted octanol–water partition coefficient (Wildman–Crippen LogP) is 4.49. The Bertz CT molecular complexity index is 432. The second kappa shape index (κ2) is 6.68. The first kappa shape index (κ1) is 14.0. The monoisotopic (exact) mass is 381 g/mol. The number of halogens is 1. The lowest BCUT2D eigenvalue weighted by Gasteiger charge is -2.22. The molecule has 0 heterocycles. The summed E-state index contributed by atoms with van der Waals surface area (Å²) in [7, 11) is -2.66. The van der Waals surface area contributed by atoms with Gasteiger partial charge in [0.05, 0.1) is 0 Å². The van der Waals surface area contributed by atoms with Crippen LogP contribution >= 0.6 is 31.3 Å². The van der Waals surface area contributed by atoms with Crippen LogP contribution in [0.2, 0.25) is 0 Å². The van der Waals surface area contributed by atoms with Gasteiger partial charge in [0.15, 0.2) is 28.8 Å². The normalized spacial score (nSPS) is 17.3. The second-order valence-electron chi connectivity index (χ2n) is 4.45. The molecule has 2 rings (SSSR count). The van der Waals surface area contributed by atoms with Crippen molar-refractivity contribution in [2.75, 3.05) is 0 Å². The molecule has 0 bridgehead atoms. The van der Waals surface area contributed by atoms with Crippen LogP contribution in [-0.2, 0) is 4.57 Å². The fourth-order valence-corrected chi connectivity index (χ4v) is 3.11. The summed E-state index contributed by atoms with van der Waals surface area (Å²) in [6.07, 6.45) is 6.15. The van der Waals surface area contributed by atoms with Gasteiger partial charge >= 0.3 is 8.25 Å². The van der Waals surface area contributed by atoms with Crippen LogP contribution in [0, 0.1) is 0 Å². The Morgan fingerprint density at radius 2 is 1.94 bits per heavy atom. The minimum Gasteiger partial charge on any atom is -0.423 e. The Morgan fingerprint density at radius 3 is 2.56 bits per heavy atom. The van der Waals surface area contributed by atoms with Gasteiger partial charge in [-0.1, -0.05) is 25.3 Å². The zero-order chi connectivity index (χ0) is 13.0. The molecule has 1 aliphatic rings. The molecule has 0 radical (unpaired) electrons. The molecule has 1 aliphatic carbocycles. The zero-order valence-corrected chi connectivity index (χ0v) is 12.9. The third-order valence-electron chi connectivity index (χ3n) is 3.30. The van der Waals surface area contributed by atoms with Crippen molar-refractivity contribution in [3.63, 3.8) is 0 Å². The summed E-state index contributed by atoms with van der Waals surface area (Å²) in [5.41, 5.74) is 1.17. The van der Waals surface area contributed by atoms with Gasteiger partial charge in [0, 0.05) is 4.57 Å². The van der Waals surface area contributed by atoms with E-state index in [1.807, 2.05) is 12.1 Å². The highest BCUT2D eigenvalue weighted by molar-refractivity contribution is 14.1. The van der Waals surface area contributed by atoms with E-state index < -0.39 is 8.25 Å². The summed E-state index contributed by atoms with van der Waals surface area (Å²) in [4.78, 5) is 8.86. The van der Waals surface area contributed by atoms with E-state index >= 15 is 0 Å². The van der Waals surface area contributed by atoms with Crippen LogP contribution in [0.5, 0.6) is 11.5 Å². The molecule has 0 aromatic heterocycles. The van der Waals surface area contributed by atoms with Gasteiger partial charge in [-0.25, -0.2) is 4.52 Å². The van der Waals surface area contributed by atoms with E-state index in [-0.39, 0.29) is 0 Å². The van der Waals surface area contributed by atoms with Gasteiger partial charge in [-0.05, 0) is 36.5 Å². The molecule has 1 unspecified atom stereocenters. The van der Waals surface area contributed by atoms with Crippen molar-refractivity contribution in [3.8, 4) is 11.5 Å². The molecule has 0 spiro atoms. The summed E-state index contributed by atoms with van der Waals surface area (Å²) < 4.78 is 20.8. The average molecular weight is 381 g/mol. The van der Waals surface area contributed by atoms with Crippen LogP contribution in [0.4, 0.5) is 0 Å². The van der Waals surface area contributed by atoms with Crippen LogP contribution in [0.15, 0.2) is 18.2 Å². The summed E-state index contributed by atoms with van der Waals surface area (Å²) in [6.45, 7) is 0. The maximum absolute atomic E-state index is 10.8. The summed E-state index contributed by atoms with van der Waals surface area (Å²) in [5, 5.41) is 0. The average Bonchev–Trinajstić information content (AvgIpc) is 2.39. The molecule has 0 amide bonds. The molecule has 1 N–H and O–H groups in total. The molecule has 0 saturated heterocycles. The van der Waals surface area contributed by atoms with E-state index in [4.69, 9.17) is 12.5 Å². The zero-order valence-electron chi connectivity index (χ0n) is 9.84. The van der Waals surface area contributed by atoms with Crippen LogP contribution < -0.4 is 7.59 Å². The molecule has 4 nitrogen and oxygen atoms in total. The van der Waals surface area contributed by atoms with E-state index in [1.165, 1.54) is 37.7 Å². The number of hydrogen-bond acceptors (Lipinski definition) is 3. The van der Waals surface area contributed by atoms with Crippen molar-refractivity contribution >= 4 is 31.3 Å². The Hall–Kier alpha value is -0.390. The highest BCUT2D eigenvalue weighted by atomic mass is 127. The highest BCUT2D eigenvalue weighted by Crippen LogP contribution is 2.40. The minimum absolute atomic E-state index is 0.344. The Labute approximate surface area is 121 Å². The lowest BCUT2D eigenvalue weighted by atomic mass is 9.84. The Morgan fingerprint density at radius 1 is 1.22 bits per heavy atom. The molecular formula is C12H15IO4P+. The standard InChI is InChI=1S/C12H14IO4P/c13-16-11-7-6-10(8-12(11)17-18(14)15)9-4-2-1-3-5-9/h6-9H,1-5H2/p+1. The van der Waals surface area contributed by atoms with Gasteiger partial charge in [-0.15, -0.1) is 4.89 Å². The van der Waals surface area contributed by atoms with Gasteiger partial charge in [0.2, 0.25) is 5.75 Å². The first-order chi connectivity index (χ1) is 8.70. The fraction of sp³-hybridized carbons (Fsp3) is 0.500. The predicted molar refractivity (Wildman–Crippen MR) is 77.4 cm³/mol. The van der Waals surface area contributed by atoms with E-state index in [9.17, 15) is 4.57 Å². The Balaban J connectivity index is 2.23. The molecular weight excluding hydrogens is 366 g/mol. The van der Waals surface area contributed by atoms with Crippen molar-refractivity contribution in [1.29, 1.82) is 0 Å². The van der Waals surface area contributed by atoms with Crippen LogP contribution in [0.1, 0.15) is 43.6 Å². The molecule has 6 heteroatoms. The lowest BCUT2D eigenvalue weighted by Crippen LogP contribution is -2.04. The van der Waals surface area contributed by atoms with Crippen molar-refractivity contribution < 1.29 is 17.0 Å². The fourth-order valence-electron chi connectivity index (χ4n) is 2.43. The topological polar surface area (TPSA) is 55.8 Å². The number of rotatable bonds is 4. The van der Waals surface area contributed by atoms with E-state index in [0.29, 0.717) is 17.4 Å². The van der Waals surface area contributed by atoms with Gasteiger partial charge < -0.3 is 3.07 Å². The highest BCUT2D eigenvalue weighted by Gasteiger charge is 2.22. The van der Waals surface area contributed by atoms with Gasteiger partial charge in [-0.2, -0.15) is 0 Å². The van der Waals surface area contributed by atoms with Crippen LogP contribution in [0.3, 0.4) is 0 Å². The first-order valence-electron chi connectivity index (χ1n) is 5.97. The maximum atomic E-state index is 10.8. The first-order valence-corrected chi connectivity index (χ1v) is 7.98. The molecule has 1 saturated carbocycles. The third kappa shape index (κ3) is 3.56. The SMILES string of the molecule is O=[P+](O)Oc1cc(C2CCCCC2)ccc1OI. The lowest BCUT2D eigenvalue weighted by molar-refractivity contribution is 0.404. The quantitative estimate of drug-likeness (QED) is 0.617. The molecule has 98 valence electrons. The van der Waals surface area contributed by atoms with Gasteiger partial charge in [0.1, 0.15) is 0 Å². The number of hydrogen-bond donors (Lipinski definition) is 1. The molecule has 18 heavy (non-hydrogen) atoms. The van der Waals surface area contributed by atoms with Crippen LogP contribution in [-0.4, -0.2) is 4.89 Å². The molecule has 0 aliphatic heterocycles. The molecule has 1 aromatic carbocycles. The summed E-state index contributed by atoms with van der Waals surface area (Å²) in [6, 6.07) is 5.64. The van der Waals surface area contributed by atoms with Crippen molar-refractivity contribution in [3.05, 3.63) is 23.8 Å². The largest absolute Gasteiger partial charge is 0.747 e. The van der Waals surface area contributed by atoms with E-state index in [1.54, 1.807) is 29.1 Å². The summed E-state index contributed by atoms with van der Waals surface area (Å²) >= 11 is 1.74. The Kier molecular flexibility index (Phi) is 5.21. The second-order valence-corrected chi connectivity index (χ2v) is 5.55. The summed E-state index contributed by atoms with van der Waals surface area (Å²) in [5.74, 6) is 1.35. The maximum Gasteiger partial charge on any atom is 0.747 e. The van der Waals surface area contributed by atoms with Gasteiger partial charge in [0.25, 0.3) is 0 Å². The van der Waals surface area contributed by atoms with Crippen LogP contribution in [0.25, 0.3) is 0 Å². The van der Waals surface area contributed by atoms with Gasteiger partial charge in [-0.3, -0.25) is 0 Å². The smallest absolute Gasteiger partial charge is 0.423 e. The number of benzene rings is 1. The minimum atomic E-state index is -2.66.